The molecule has 2 aromatic rings. The van der Waals surface area contributed by atoms with Gasteiger partial charge >= 0.3 is 0 Å². The highest BCUT2D eigenvalue weighted by Crippen LogP contribution is 2.30. The molecule has 0 fully saturated rings. The Kier molecular flexibility index (Phi) is 3.73. The predicted molar refractivity (Wildman–Crippen MR) is 72.9 cm³/mol. The molecule has 0 aliphatic rings. The average molecular weight is 265 g/mol. The molecule has 1 atom stereocenters. The SMILES string of the molecule is Cc1ccc(C(O)c2c(Cl)cnn2C(C)C)cc1. The van der Waals surface area contributed by atoms with E-state index < -0.39 is 6.10 Å². The van der Waals surface area contributed by atoms with Gasteiger partial charge in [-0.1, -0.05) is 41.4 Å². The van der Waals surface area contributed by atoms with E-state index in [-0.39, 0.29) is 6.04 Å². The number of halogens is 1. The summed E-state index contributed by atoms with van der Waals surface area (Å²) in [5.41, 5.74) is 2.63. The van der Waals surface area contributed by atoms with Crippen LogP contribution in [0.15, 0.2) is 30.5 Å². The summed E-state index contributed by atoms with van der Waals surface area (Å²) in [5.74, 6) is 0. The maximum absolute atomic E-state index is 10.4. The van der Waals surface area contributed by atoms with Crippen molar-refractivity contribution in [3.05, 3.63) is 52.3 Å². The van der Waals surface area contributed by atoms with Crippen LogP contribution in [0.3, 0.4) is 0 Å². The first-order valence-corrected chi connectivity index (χ1v) is 6.36. The third-order valence-corrected chi connectivity index (χ3v) is 3.22. The van der Waals surface area contributed by atoms with Crippen LogP contribution in [-0.2, 0) is 0 Å². The van der Waals surface area contributed by atoms with E-state index in [9.17, 15) is 5.11 Å². The minimum absolute atomic E-state index is 0.160. The van der Waals surface area contributed by atoms with Crippen LogP contribution in [0.4, 0.5) is 0 Å². The first-order valence-electron chi connectivity index (χ1n) is 5.98. The molecule has 1 aromatic heterocycles. The molecule has 0 saturated heterocycles. The summed E-state index contributed by atoms with van der Waals surface area (Å²) in [6.07, 6.45) is 0.830. The van der Waals surface area contributed by atoms with Gasteiger partial charge in [-0.05, 0) is 26.3 Å². The van der Waals surface area contributed by atoms with E-state index in [0.717, 1.165) is 11.1 Å². The standard InChI is InChI=1S/C14H17ClN2O/c1-9(2)17-13(12(15)8-16-17)14(18)11-6-4-10(3)5-7-11/h4-9,14,18H,1-3H3. The molecule has 0 amide bonds. The third kappa shape index (κ3) is 2.42. The van der Waals surface area contributed by atoms with Crippen LogP contribution in [0, 0.1) is 6.92 Å². The lowest BCUT2D eigenvalue weighted by Crippen LogP contribution is -2.12. The fraction of sp³-hybridized carbons (Fsp3) is 0.357. The van der Waals surface area contributed by atoms with Gasteiger partial charge in [0.15, 0.2) is 0 Å². The van der Waals surface area contributed by atoms with Gasteiger partial charge in [0.2, 0.25) is 0 Å². The number of hydrogen-bond acceptors (Lipinski definition) is 2. The van der Waals surface area contributed by atoms with Crippen LogP contribution < -0.4 is 0 Å². The molecule has 0 radical (unpaired) electrons. The number of aliphatic hydroxyl groups is 1. The van der Waals surface area contributed by atoms with Gasteiger partial charge in [-0.3, -0.25) is 4.68 Å². The molecule has 0 aliphatic carbocycles. The van der Waals surface area contributed by atoms with Gasteiger partial charge < -0.3 is 5.11 Å². The molecule has 1 unspecified atom stereocenters. The maximum Gasteiger partial charge on any atom is 0.122 e. The topological polar surface area (TPSA) is 38.1 Å². The van der Waals surface area contributed by atoms with Crippen molar-refractivity contribution in [2.45, 2.75) is 32.9 Å². The summed E-state index contributed by atoms with van der Waals surface area (Å²) in [6.45, 7) is 6.03. The first kappa shape index (κ1) is 13.1. The lowest BCUT2D eigenvalue weighted by molar-refractivity contribution is 0.205. The van der Waals surface area contributed by atoms with E-state index in [1.165, 1.54) is 0 Å². The van der Waals surface area contributed by atoms with Crippen molar-refractivity contribution in [1.29, 1.82) is 0 Å². The van der Waals surface area contributed by atoms with Crippen LogP contribution in [-0.4, -0.2) is 14.9 Å². The van der Waals surface area contributed by atoms with E-state index in [1.807, 2.05) is 45.0 Å². The van der Waals surface area contributed by atoms with Crippen LogP contribution >= 0.6 is 11.6 Å². The maximum atomic E-state index is 10.4. The molecule has 0 saturated carbocycles. The molecule has 3 nitrogen and oxygen atoms in total. The summed E-state index contributed by atoms with van der Waals surface area (Å²) in [5, 5.41) is 15.1. The van der Waals surface area contributed by atoms with Gasteiger partial charge in [0.05, 0.1) is 16.9 Å². The number of aryl methyl sites for hydroxylation is 1. The minimum Gasteiger partial charge on any atom is -0.382 e. The summed E-state index contributed by atoms with van der Waals surface area (Å²) in [4.78, 5) is 0. The molecule has 1 N–H and O–H groups in total. The molecule has 2 rings (SSSR count). The second-order valence-electron chi connectivity index (χ2n) is 4.73. The van der Waals surface area contributed by atoms with Gasteiger partial charge in [-0.25, -0.2) is 0 Å². The van der Waals surface area contributed by atoms with E-state index in [1.54, 1.807) is 10.9 Å². The quantitative estimate of drug-likeness (QED) is 0.921. The fourth-order valence-corrected chi connectivity index (χ4v) is 2.16. The normalized spacial score (nSPS) is 13.0. The number of rotatable bonds is 3. The molecule has 1 aromatic carbocycles. The molecular weight excluding hydrogens is 248 g/mol. The molecule has 0 spiro atoms. The number of benzene rings is 1. The van der Waals surface area contributed by atoms with Gasteiger partial charge in [0.1, 0.15) is 6.10 Å². The minimum atomic E-state index is -0.747. The van der Waals surface area contributed by atoms with E-state index in [0.29, 0.717) is 10.7 Å². The van der Waals surface area contributed by atoms with Crippen LogP contribution in [0.25, 0.3) is 0 Å². The van der Waals surface area contributed by atoms with Gasteiger partial charge in [-0.15, -0.1) is 0 Å². The Labute approximate surface area is 112 Å². The van der Waals surface area contributed by atoms with Crippen molar-refractivity contribution in [3.8, 4) is 0 Å². The monoisotopic (exact) mass is 264 g/mol. The van der Waals surface area contributed by atoms with Crippen molar-refractivity contribution in [2.24, 2.45) is 0 Å². The number of nitrogens with zero attached hydrogens (tertiary/aromatic N) is 2. The predicted octanol–water partition coefficient (Wildman–Crippen LogP) is 3.51. The molecule has 18 heavy (non-hydrogen) atoms. The number of aromatic nitrogens is 2. The number of hydrogen-bond donors (Lipinski definition) is 1. The Bertz CT molecular complexity index is 531. The third-order valence-electron chi connectivity index (χ3n) is 2.93. The van der Waals surface area contributed by atoms with Crippen molar-refractivity contribution in [3.63, 3.8) is 0 Å². The molecule has 0 bridgehead atoms. The second kappa shape index (κ2) is 5.12. The molecule has 0 aliphatic heterocycles. The van der Waals surface area contributed by atoms with Crippen LogP contribution in [0.2, 0.25) is 5.02 Å². The molecule has 1 heterocycles. The molecule has 4 heteroatoms. The number of aliphatic hydroxyl groups excluding tert-OH is 1. The smallest absolute Gasteiger partial charge is 0.122 e. The van der Waals surface area contributed by atoms with Crippen molar-refractivity contribution in [2.75, 3.05) is 0 Å². The van der Waals surface area contributed by atoms with Crippen molar-refractivity contribution < 1.29 is 5.11 Å². The highest BCUT2D eigenvalue weighted by atomic mass is 35.5. The first-order chi connectivity index (χ1) is 8.50. The lowest BCUT2D eigenvalue weighted by atomic mass is 10.0. The van der Waals surface area contributed by atoms with E-state index in [4.69, 9.17) is 11.6 Å². The lowest BCUT2D eigenvalue weighted by Gasteiger charge is -2.17. The van der Waals surface area contributed by atoms with Gasteiger partial charge in [-0.2, -0.15) is 5.10 Å². The zero-order valence-corrected chi connectivity index (χ0v) is 11.5. The Morgan fingerprint density at radius 2 is 1.83 bits per heavy atom. The second-order valence-corrected chi connectivity index (χ2v) is 5.14. The Morgan fingerprint density at radius 1 is 1.22 bits per heavy atom. The largest absolute Gasteiger partial charge is 0.382 e. The highest BCUT2D eigenvalue weighted by Gasteiger charge is 2.20. The summed E-state index contributed by atoms with van der Waals surface area (Å²) in [7, 11) is 0. The Hall–Kier alpha value is -1.32. The molecular formula is C14H17ClN2O. The van der Waals surface area contributed by atoms with Crippen molar-refractivity contribution >= 4 is 11.6 Å². The fourth-order valence-electron chi connectivity index (χ4n) is 1.92. The summed E-state index contributed by atoms with van der Waals surface area (Å²) >= 11 is 6.12. The summed E-state index contributed by atoms with van der Waals surface area (Å²) < 4.78 is 1.76. The molecule has 96 valence electrons. The summed E-state index contributed by atoms with van der Waals surface area (Å²) in [6, 6.07) is 7.93. The van der Waals surface area contributed by atoms with E-state index in [2.05, 4.69) is 5.10 Å². The zero-order valence-electron chi connectivity index (χ0n) is 10.8. The van der Waals surface area contributed by atoms with Gasteiger partial charge in [0.25, 0.3) is 0 Å². The van der Waals surface area contributed by atoms with Crippen LogP contribution in [0.1, 0.15) is 42.8 Å². The van der Waals surface area contributed by atoms with Crippen LogP contribution in [0.5, 0.6) is 0 Å². The Morgan fingerprint density at radius 3 is 2.39 bits per heavy atom. The highest BCUT2D eigenvalue weighted by molar-refractivity contribution is 6.31. The van der Waals surface area contributed by atoms with Gasteiger partial charge in [0, 0.05) is 6.04 Å². The van der Waals surface area contributed by atoms with E-state index >= 15 is 0 Å². The average Bonchev–Trinajstić information content (AvgIpc) is 2.71. The zero-order chi connectivity index (χ0) is 13.3. The van der Waals surface area contributed by atoms with Crippen molar-refractivity contribution in [1.82, 2.24) is 9.78 Å². The Balaban J connectivity index is 2.42.